The first-order chi connectivity index (χ1) is 9.80. The summed E-state index contributed by atoms with van der Waals surface area (Å²) in [6.07, 6.45) is -5.01. The molecule has 0 saturated carbocycles. The third kappa shape index (κ3) is 3.50. The lowest BCUT2D eigenvalue weighted by molar-refractivity contribution is -0.140. The molecule has 0 spiro atoms. The summed E-state index contributed by atoms with van der Waals surface area (Å²) in [5, 5.41) is 0. The van der Waals surface area contributed by atoms with Crippen LogP contribution in [0.1, 0.15) is 21.5 Å². The highest BCUT2D eigenvalue weighted by atomic mass is 79.9. The molecule has 2 aromatic rings. The van der Waals surface area contributed by atoms with Crippen LogP contribution >= 0.6 is 15.9 Å². The van der Waals surface area contributed by atoms with Gasteiger partial charge in [0.2, 0.25) is 0 Å². The van der Waals surface area contributed by atoms with Gasteiger partial charge in [-0.2, -0.15) is 13.2 Å². The van der Waals surface area contributed by atoms with Crippen molar-refractivity contribution < 1.29 is 22.4 Å². The maximum Gasteiger partial charge on any atom is 0.419 e. The SMILES string of the molecule is O=C(Cc1ccccc1Br)c1cccc(C(F)(F)F)c1F. The molecule has 0 aromatic heterocycles. The molecule has 1 nitrogen and oxygen atoms in total. The predicted molar refractivity (Wildman–Crippen MR) is 73.6 cm³/mol. The summed E-state index contributed by atoms with van der Waals surface area (Å²) in [6, 6.07) is 9.48. The maximum atomic E-state index is 13.9. The van der Waals surface area contributed by atoms with Crippen molar-refractivity contribution in [2.75, 3.05) is 0 Å². The minimum atomic E-state index is -4.83. The van der Waals surface area contributed by atoms with E-state index in [9.17, 15) is 22.4 Å². The van der Waals surface area contributed by atoms with Gasteiger partial charge in [0, 0.05) is 10.9 Å². The molecule has 0 fully saturated rings. The van der Waals surface area contributed by atoms with Gasteiger partial charge in [-0.15, -0.1) is 0 Å². The normalized spacial score (nSPS) is 11.5. The number of benzene rings is 2. The van der Waals surface area contributed by atoms with E-state index in [0.717, 1.165) is 12.1 Å². The molecule has 0 amide bonds. The van der Waals surface area contributed by atoms with Crippen molar-refractivity contribution in [3.05, 3.63) is 69.4 Å². The van der Waals surface area contributed by atoms with Crippen molar-refractivity contribution in [3.63, 3.8) is 0 Å². The first-order valence-corrected chi connectivity index (χ1v) is 6.72. The van der Waals surface area contributed by atoms with Crippen molar-refractivity contribution in [3.8, 4) is 0 Å². The summed E-state index contributed by atoms with van der Waals surface area (Å²) in [6.45, 7) is 0. The minimum absolute atomic E-state index is 0.181. The van der Waals surface area contributed by atoms with Crippen LogP contribution < -0.4 is 0 Å². The summed E-state index contributed by atoms with van der Waals surface area (Å²) in [5.41, 5.74) is -1.40. The molecule has 0 unspecified atom stereocenters. The van der Waals surface area contributed by atoms with Crippen molar-refractivity contribution >= 4 is 21.7 Å². The number of carbonyl (C=O) groups excluding carboxylic acids is 1. The second-order valence-electron chi connectivity index (χ2n) is 4.36. The lowest BCUT2D eigenvalue weighted by Gasteiger charge is -2.11. The highest BCUT2D eigenvalue weighted by molar-refractivity contribution is 9.10. The van der Waals surface area contributed by atoms with E-state index in [2.05, 4.69) is 15.9 Å². The highest BCUT2D eigenvalue weighted by Gasteiger charge is 2.35. The van der Waals surface area contributed by atoms with Crippen LogP contribution in [-0.4, -0.2) is 5.78 Å². The minimum Gasteiger partial charge on any atom is -0.294 e. The van der Waals surface area contributed by atoms with Crippen molar-refractivity contribution in [2.45, 2.75) is 12.6 Å². The third-order valence-electron chi connectivity index (χ3n) is 2.91. The van der Waals surface area contributed by atoms with E-state index >= 15 is 0 Å². The number of alkyl halides is 3. The first kappa shape index (κ1) is 15.7. The Balaban J connectivity index is 2.35. The fraction of sp³-hybridized carbons (Fsp3) is 0.133. The average molecular weight is 361 g/mol. The van der Waals surface area contributed by atoms with Crippen LogP contribution in [0, 0.1) is 5.82 Å². The van der Waals surface area contributed by atoms with E-state index in [-0.39, 0.29) is 6.42 Å². The molecule has 0 heterocycles. The van der Waals surface area contributed by atoms with Gasteiger partial charge in [-0.3, -0.25) is 4.79 Å². The predicted octanol–water partition coefficient (Wildman–Crippen LogP) is 5.03. The van der Waals surface area contributed by atoms with Crippen LogP contribution in [0.25, 0.3) is 0 Å². The van der Waals surface area contributed by atoms with Crippen molar-refractivity contribution in [1.29, 1.82) is 0 Å². The van der Waals surface area contributed by atoms with Crippen LogP contribution in [0.4, 0.5) is 17.6 Å². The number of carbonyl (C=O) groups is 1. The molecule has 0 aliphatic carbocycles. The second-order valence-corrected chi connectivity index (χ2v) is 5.21. The second kappa shape index (κ2) is 5.97. The molecule has 0 radical (unpaired) electrons. The van der Waals surface area contributed by atoms with Gasteiger partial charge in [0.15, 0.2) is 5.78 Å². The summed E-state index contributed by atoms with van der Waals surface area (Å²) in [7, 11) is 0. The smallest absolute Gasteiger partial charge is 0.294 e. The van der Waals surface area contributed by atoms with E-state index in [0.29, 0.717) is 16.1 Å². The standard InChI is InChI=1S/C15H9BrF4O/c16-12-7-2-1-4-9(12)8-13(21)10-5-3-6-11(14(10)17)15(18,19)20/h1-7H,8H2. The van der Waals surface area contributed by atoms with Crippen molar-refractivity contribution in [1.82, 2.24) is 0 Å². The summed E-state index contributed by atoms with van der Waals surface area (Å²) in [5.74, 6) is -2.23. The molecule has 0 atom stereocenters. The molecule has 2 rings (SSSR count). The number of halogens is 5. The van der Waals surface area contributed by atoms with Gasteiger partial charge in [0.25, 0.3) is 0 Å². The number of hydrogen-bond donors (Lipinski definition) is 0. The van der Waals surface area contributed by atoms with Crippen LogP contribution in [0.3, 0.4) is 0 Å². The average Bonchev–Trinajstić information content (AvgIpc) is 2.40. The third-order valence-corrected chi connectivity index (χ3v) is 3.69. The Morgan fingerprint density at radius 1 is 1.05 bits per heavy atom. The fourth-order valence-corrected chi connectivity index (χ4v) is 2.30. The molecular weight excluding hydrogens is 352 g/mol. The van der Waals surface area contributed by atoms with E-state index in [1.54, 1.807) is 24.3 Å². The highest BCUT2D eigenvalue weighted by Crippen LogP contribution is 2.32. The zero-order chi connectivity index (χ0) is 15.6. The Kier molecular flexibility index (Phi) is 4.46. The van der Waals surface area contributed by atoms with E-state index in [4.69, 9.17) is 0 Å². The fourth-order valence-electron chi connectivity index (χ4n) is 1.88. The number of hydrogen-bond acceptors (Lipinski definition) is 1. The van der Waals surface area contributed by atoms with Gasteiger partial charge in [-0.1, -0.05) is 40.2 Å². The van der Waals surface area contributed by atoms with Crippen LogP contribution in [0.5, 0.6) is 0 Å². The van der Waals surface area contributed by atoms with Crippen molar-refractivity contribution in [2.24, 2.45) is 0 Å². The summed E-state index contributed by atoms with van der Waals surface area (Å²) < 4.78 is 52.4. The Hall–Kier alpha value is -1.69. The van der Waals surface area contributed by atoms with Crippen LogP contribution in [0.2, 0.25) is 0 Å². The molecule has 110 valence electrons. The largest absolute Gasteiger partial charge is 0.419 e. The number of ketones is 1. The van der Waals surface area contributed by atoms with Gasteiger partial charge >= 0.3 is 6.18 Å². The lowest BCUT2D eigenvalue weighted by Crippen LogP contribution is -2.13. The quantitative estimate of drug-likeness (QED) is 0.554. The maximum absolute atomic E-state index is 13.9. The Labute approximate surface area is 126 Å². The Bertz CT molecular complexity index is 680. The van der Waals surface area contributed by atoms with E-state index < -0.39 is 28.9 Å². The molecule has 21 heavy (non-hydrogen) atoms. The Morgan fingerprint density at radius 3 is 2.33 bits per heavy atom. The Morgan fingerprint density at radius 2 is 1.71 bits per heavy atom. The molecule has 0 bridgehead atoms. The first-order valence-electron chi connectivity index (χ1n) is 5.93. The van der Waals surface area contributed by atoms with E-state index in [1.807, 2.05) is 0 Å². The van der Waals surface area contributed by atoms with Gasteiger partial charge < -0.3 is 0 Å². The molecule has 6 heteroatoms. The molecule has 0 aliphatic heterocycles. The van der Waals surface area contributed by atoms with Gasteiger partial charge in [-0.25, -0.2) is 4.39 Å². The lowest BCUT2D eigenvalue weighted by atomic mass is 10.0. The zero-order valence-electron chi connectivity index (χ0n) is 10.5. The molecule has 0 aliphatic rings. The summed E-state index contributed by atoms with van der Waals surface area (Å²) in [4.78, 5) is 12.0. The zero-order valence-corrected chi connectivity index (χ0v) is 12.1. The van der Waals surface area contributed by atoms with Gasteiger partial charge in [0.05, 0.1) is 11.1 Å². The monoisotopic (exact) mass is 360 g/mol. The topological polar surface area (TPSA) is 17.1 Å². The molecule has 2 aromatic carbocycles. The van der Waals surface area contributed by atoms with Gasteiger partial charge in [-0.05, 0) is 23.8 Å². The molecular formula is C15H9BrF4O. The van der Waals surface area contributed by atoms with Gasteiger partial charge in [0.1, 0.15) is 5.82 Å². The molecule has 0 N–H and O–H groups in total. The number of rotatable bonds is 3. The number of Topliss-reactive ketones (excluding diaryl/α,β-unsaturated/α-hetero) is 1. The van der Waals surface area contributed by atoms with E-state index in [1.165, 1.54) is 0 Å². The van der Waals surface area contributed by atoms with Crippen LogP contribution in [-0.2, 0) is 12.6 Å². The molecule has 0 saturated heterocycles. The summed E-state index contributed by atoms with van der Waals surface area (Å²) >= 11 is 3.24. The van der Waals surface area contributed by atoms with Crippen LogP contribution in [0.15, 0.2) is 46.9 Å².